The van der Waals surface area contributed by atoms with Crippen LogP contribution in [-0.4, -0.2) is 17.3 Å². The van der Waals surface area contributed by atoms with Gasteiger partial charge in [-0.25, -0.2) is 0 Å². The van der Waals surface area contributed by atoms with Crippen molar-refractivity contribution in [1.82, 2.24) is 0 Å². The Morgan fingerprint density at radius 2 is 1.95 bits per heavy atom. The lowest BCUT2D eigenvalue weighted by atomic mass is 10.2. The molecule has 1 aromatic heterocycles. The van der Waals surface area contributed by atoms with E-state index in [1.807, 2.05) is 12.1 Å². The van der Waals surface area contributed by atoms with Crippen molar-refractivity contribution in [3.63, 3.8) is 0 Å². The predicted molar refractivity (Wildman–Crippen MR) is 74.5 cm³/mol. The van der Waals surface area contributed by atoms with E-state index in [0.717, 1.165) is 17.4 Å². The Kier molecular flexibility index (Phi) is 4.22. The van der Waals surface area contributed by atoms with Crippen LogP contribution < -0.4 is 10.2 Å². The number of aliphatic hydroxyl groups excluding tert-OH is 1. The van der Waals surface area contributed by atoms with Crippen LogP contribution >= 0.6 is 0 Å². The van der Waals surface area contributed by atoms with Crippen LogP contribution in [0.15, 0.2) is 39.5 Å². The number of aliphatic hydroxyl groups is 1. The fraction of sp³-hybridized carbons (Fsp3) is 0.133. The minimum atomic E-state index is -0.588. The van der Waals surface area contributed by atoms with Gasteiger partial charge < -0.3 is 19.4 Å². The molecule has 1 aromatic carbocycles. The molecule has 20 heavy (non-hydrogen) atoms. The van der Waals surface area contributed by atoms with Crippen LogP contribution in [0.1, 0.15) is 17.1 Å². The Morgan fingerprint density at radius 1 is 1.25 bits per heavy atom. The van der Waals surface area contributed by atoms with Crippen molar-refractivity contribution in [1.29, 1.82) is 0 Å². The highest BCUT2D eigenvalue weighted by atomic mass is 16.5. The van der Waals surface area contributed by atoms with Crippen LogP contribution in [0.25, 0.3) is 12.2 Å². The van der Waals surface area contributed by atoms with Gasteiger partial charge in [-0.1, -0.05) is 18.2 Å². The molecule has 0 amide bonds. The van der Waals surface area contributed by atoms with Gasteiger partial charge in [0.05, 0.1) is 7.11 Å². The summed E-state index contributed by atoms with van der Waals surface area (Å²) < 4.78 is 10.2. The topological polar surface area (TPSA) is 79.9 Å². The van der Waals surface area contributed by atoms with Gasteiger partial charge in [-0.05, 0) is 23.8 Å². The van der Waals surface area contributed by atoms with E-state index in [9.17, 15) is 9.90 Å². The molecule has 2 rings (SSSR count). The summed E-state index contributed by atoms with van der Waals surface area (Å²) >= 11 is 0. The first-order valence-corrected chi connectivity index (χ1v) is 5.93. The molecular formula is C15H14O5. The molecule has 0 aliphatic carbocycles. The van der Waals surface area contributed by atoms with Gasteiger partial charge in [0.15, 0.2) is 5.76 Å². The fourth-order valence-electron chi connectivity index (χ4n) is 1.63. The average Bonchev–Trinajstić information content (AvgIpc) is 2.49. The second-order valence-corrected chi connectivity index (χ2v) is 4.05. The van der Waals surface area contributed by atoms with Crippen molar-refractivity contribution in [3.05, 3.63) is 57.6 Å². The third kappa shape index (κ3) is 3.07. The number of aromatic hydroxyl groups is 1. The van der Waals surface area contributed by atoms with Gasteiger partial charge in [0.25, 0.3) is 0 Å². The van der Waals surface area contributed by atoms with Gasteiger partial charge >= 0.3 is 0 Å². The molecule has 1 heterocycles. The van der Waals surface area contributed by atoms with E-state index in [2.05, 4.69) is 0 Å². The van der Waals surface area contributed by atoms with Crippen LogP contribution in [0, 0.1) is 0 Å². The molecule has 0 aliphatic heterocycles. The summed E-state index contributed by atoms with van der Waals surface area (Å²) in [5, 5.41) is 18.6. The highest BCUT2D eigenvalue weighted by Crippen LogP contribution is 2.18. The van der Waals surface area contributed by atoms with Crippen LogP contribution in [-0.2, 0) is 6.61 Å². The summed E-state index contributed by atoms with van der Waals surface area (Å²) in [6, 6.07) is 8.28. The average molecular weight is 274 g/mol. The molecule has 0 aliphatic rings. The Hall–Kier alpha value is -2.53. The third-order valence-electron chi connectivity index (χ3n) is 2.70. The quantitative estimate of drug-likeness (QED) is 0.891. The summed E-state index contributed by atoms with van der Waals surface area (Å²) in [5.74, 6) is 0.366. The maximum atomic E-state index is 11.4. The van der Waals surface area contributed by atoms with Crippen LogP contribution in [0.4, 0.5) is 0 Å². The lowest BCUT2D eigenvalue weighted by Gasteiger charge is -2.01. The number of hydrogen-bond acceptors (Lipinski definition) is 5. The van der Waals surface area contributed by atoms with Gasteiger partial charge in [-0.3, -0.25) is 4.79 Å². The molecule has 5 heteroatoms. The zero-order valence-electron chi connectivity index (χ0n) is 10.9. The highest BCUT2D eigenvalue weighted by Gasteiger charge is 2.07. The Morgan fingerprint density at radius 3 is 2.55 bits per heavy atom. The van der Waals surface area contributed by atoms with Gasteiger partial charge in [0.2, 0.25) is 11.2 Å². The van der Waals surface area contributed by atoms with Gasteiger partial charge in [0, 0.05) is 6.07 Å². The summed E-state index contributed by atoms with van der Waals surface area (Å²) in [4.78, 5) is 11.4. The zero-order chi connectivity index (χ0) is 14.5. The Bertz CT molecular complexity index is 668. The second-order valence-electron chi connectivity index (χ2n) is 4.05. The van der Waals surface area contributed by atoms with Crippen molar-refractivity contribution < 1.29 is 19.4 Å². The largest absolute Gasteiger partial charge is 0.502 e. The molecular weight excluding hydrogens is 260 g/mol. The van der Waals surface area contributed by atoms with E-state index < -0.39 is 17.8 Å². The summed E-state index contributed by atoms with van der Waals surface area (Å²) in [5.41, 5.74) is 0.261. The van der Waals surface area contributed by atoms with Crippen LogP contribution in [0.3, 0.4) is 0 Å². The number of ether oxygens (including phenoxy) is 1. The van der Waals surface area contributed by atoms with Crippen LogP contribution in [0.5, 0.6) is 11.5 Å². The van der Waals surface area contributed by atoms with E-state index in [1.54, 1.807) is 25.3 Å². The van der Waals surface area contributed by atoms with E-state index in [4.69, 9.17) is 14.3 Å². The number of hydrogen-bond donors (Lipinski definition) is 2. The third-order valence-corrected chi connectivity index (χ3v) is 2.70. The predicted octanol–water partition coefficient (Wildman–Crippen LogP) is 2.02. The molecule has 0 radical (unpaired) electrons. The summed E-state index contributed by atoms with van der Waals surface area (Å²) in [6.45, 7) is -0.404. The molecule has 0 unspecified atom stereocenters. The first-order chi connectivity index (χ1) is 9.63. The smallest absolute Gasteiger partial charge is 0.227 e. The maximum absolute atomic E-state index is 11.4. The van der Waals surface area contributed by atoms with Gasteiger partial charge in [0.1, 0.15) is 18.1 Å². The zero-order valence-corrected chi connectivity index (χ0v) is 10.9. The maximum Gasteiger partial charge on any atom is 0.227 e. The molecule has 0 saturated carbocycles. The molecule has 0 bridgehead atoms. The Labute approximate surface area is 115 Å². The first kappa shape index (κ1) is 13.9. The standard InChI is InChI=1S/C15H14O5/c1-19-11-5-2-10(3-6-11)4-7-14-15(18)13(17)8-12(9-16)20-14/h2-8,16,18H,9H2,1H3/b7-4+. The Balaban J connectivity index is 2.30. The molecule has 0 spiro atoms. The summed E-state index contributed by atoms with van der Waals surface area (Å²) in [6.07, 6.45) is 3.15. The minimum absolute atomic E-state index is 0.0115. The van der Waals surface area contributed by atoms with Crippen molar-refractivity contribution in [3.8, 4) is 11.5 Å². The monoisotopic (exact) mass is 274 g/mol. The van der Waals surface area contributed by atoms with Crippen molar-refractivity contribution >= 4 is 12.2 Å². The van der Waals surface area contributed by atoms with Crippen LogP contribution in [0.2, 0.25) is 0 Å². The van der Waals surface area contributed by atoms with E-state index in [1.165, 1.54) is 6.08 Å². The van der Waals surface area contributed by atoms with E-state index in [0.29, 0.717) is 0 Å². The minimum Gasteiger partial charge on any atom is -0.502 e. The lowest BCUT2D eigenvalue weighted by molar-refractivity contribution is 0.240. The molecule has 2 N–H and O–H groups in total. The molecule has 0 saturated heterocycles. The molecule has 2 aromatic rings. The number of methoxy groups -OCH3 is 1. The number of benzene rings is 1. The van der Waals surface area contributed by atoms with E-state index in [-0.39, 0.29) is 11.5 Å². The van der Waals surface area contributed by atoms with Crippen molar-refractivity contribution in [2.24, 2.45) is 0 Å². The molecule has 104 valence electrons. The molecule has 0 fully saturated rings. The number of rotatable bonds is 4. The first-order valence-electron chi connectivity index (χ1n) is 5.93. The highest BCUT2D eigenvalue weighted by molar-refractivity contribution is 5.69. The van der Waals surface area contributed by atoms with Gasteiger partial charge in [-0.2, -0.15) is 0 Å². The summed E-state index contributed by atoms with van der Waals surface area (Å²) in [7, 11) is 1.58. The fourth-order valence-corrected chi connectivity index (χ4v) is 1.63. The normalized spacial score (nSPS) is 10.9. The van der Waals surface area contributed by atoms with Gasteiger partial charge in [-0.15, -0.1) is 0 Å². The van der Waals surface area contributed by atoms with E-state index >= 15 is 0 Å². The van der Waals surface area contributed by atoms with Crippen molar-refractivity contribution in [2.75, 3.05) is 7.11 Å². The molecule has 5 nitrogen and oxygen atoms in total. The molecule has 0 atom stereocenters. The SMILES string of the molecule is COc1ccc(/C=C/c2oc(CO)cc(=O)c2O)cc1. The second kappa shape index (κ2) is 6.08. The lowest BCUT2D eigenvalue weighted by Crippen LogP contribution is -2.02. The van der Waals surface area contributed by atoms with Crippen molar-refractivity contribution in [2.45, 2.75) is 6.61 Å².